The SMILES string of the molecule is C=C1CCCC[C@H](Oc2ccc3c(c2)SC[C@H]3CC(=O)O)C/C=C\C=C/1c1c(C)cc(OCCCOC)cc1C. The molecule has 1 N–H and O–H groups in total. The molecule has 0 fully saturated rings. The second-order valence-electron chi connectivity index (χ2n) is 10.8. The predicted octanol–water partition coefficient (Wildman–Crippen LogP) is 8.29. The van der Waals surface area contributed by atoms with Gasteiger partial charge in [-0.2, -0.15) is 0 Å². The van der Waals surface area contributed by atoms with E-state index in [-0.39, 0.29) is 18.4 Å². The van der Waals surface area contributed by atoms with Crippen LogP contribution in [0, 0.1) is 13.8 Å². The highest BCUT2D eigenvalue weighted by Crippen LogP contribution is 2.43. The molecule has 6 heteroatoms. The Balaban J connectivity index is 1.45. The standard InChI is InChI=1S/C34H42O5S/c1-23-10-5-6-11-27(39-28-14-15-31-26(20-33(35)36)22-40-32(31)21-28)12-7-8-13-30(23)34-24(2)18-29(19-25(34)3)38-17-9-16-37-4/h7-8,13-15,18-19,21,26-27H,1,5-6,9-12,16-17,20,22H2,2-4H3,(H,35,36)/b8-7-,30-13+/t26-,27+/m1/s1. The van der Waals surface area contributed by atoms with E-state index in [4.69, 9.17) is 14.2 Å². The Hall–Kier alpha value is -2.96. The van der Waals surface area contributed by atoms with Crippen molar-refractivity contribution in [3.05, 3.63) is 83.0 Å². The van der Waals surface area contributed by atoms with Gasteiger partial charge in [0, 0.05) is 43.1 Å². The van der Waals surface area contributed by atoms with E-state index in [9.17, 15) is 9.90 Å². The van der Waals surface area contributed by atoms with Gasteiger partial charge in [-0.1, -0.05) is 30.9 Å². The molecule has 0 unspecified atom stereocenters. The first-order valence-corrected chi connectivity index (χ1v) is 15.3. The minimum Gasteiger partial charge on any atom is -0.493 e. The van der Waals surface area contributed by atoms with Crippen molar-refractivity contribution in [2.75, 3.05) is 26.1 Å². The molecule has 0 spiro atoms. The highest BCUT2D eigenvalue weighted by Gasteiger charge is 2.26. The molecule has 2 atom stereocenters. The minimum absolute atomic E-state index is 0.0814. The van der Waals surface area contributed by atoms with Crippen molar-refractivity contribution in [3.8, 4) is 11.5 Å². The van der Waals surface area contributed by atoms with E-state index in [2.05, 4.69) is 62.9 Å². The van der Waals surface area contributed by atoms with Gasteiger partial charge in [0.15, 0.2) is 0 Å². The first-order chi connectivity index (χ1) is 19.4. The molecule has 0 aromatic heterocycles. The number of allylic oxidation sites excluding steroid dienone is 4. The number of thioether (sulfide) groups is 1. The number of rotatable bonds is 10. The van der Waals surface area contributed by atoms with E-state index in [1.165, 1.54) is 22.3 Å². The maximum atomic E-state index is 11.2. The lowest BCUT2D eigenvalue weighted by atomic mass is 9.88. The van der Waals surface area contributed by atoms with Gasteiger partial charge in [0.25, 0.3) is 0 Å². The lowest BCUT2D eigenvalue weighted by Crippen LogP contribution is -2.15. The summed E-state index contributed by atoms with van der Waals surface area (Å²) >= 11 is 1.73. The van der Waals surface area contributed by atoms with Gasteiger partial charge < -0.3 is 19.3 Å². The van der Waals surface area contributed by atoms with Crippen LogP contribution in [-0.2, 0) is 9.53 Å². The van der Waals surface area contributed by atoms with Crippen molar-refractivity contribution >= 4 is 23.3 Å². The number of carbonyl (C=O) groups is 1. The Morgan fingerprint density at radius 2 is 1.90 bits per heavy atom. The smallest absolute Gasteiger partial charge is 0.303 e. The normalized spacial score (nSPS) is 21.6. The number of aliphatic carboxylic acids is 1. The van der Waals surface area contributed by atoms with Crippen LogP contribution in [0.1, 0.15) is 73.1 Å². The van der Waals surface area contributed by atoms with Gasteiger partial charge in [-0.25, -0.2) is 0 Å². The van der Waals surface area contributed by atoms with E-state index < -0.39 is 5.97 Å². The van der Waals surface area contributed by atoms with Crippen molar-refractivity contribution in [2.24, 2.45) is 0 Å². The third-order valence-electron chi connectivity index (χ3n) is 7.56. The Labute approximate surface area is 243 Å². The van der Waals surface area contributed by atoms with Crippen LogP contribution in [0.5, 0.6) is 11.5 Å². The Kier molecular flexibility index (Phi) is 11.0. The zero-order chi connectivity index (χ0) is 28.5. The molecule has 0 bridgehead atoms. The van der Waals surface area contributed by atoms with Gasteiger partial charge >= 0.3 is 5.97 Å². The van der Waals surface area contributed by atoms with Crippen LogP contribution in [0.2, 0.25) is 0 Å². The molecule has 1 heterocycles. The monoisotopic (exact) mass is 562 g/mol. The van der Waals surface area contributed by atoms with Crippen LogP contribution < -0.4 is 9.47 Å². The lowest BCUT2D eigenvalue weighted by molar-refractivity contribution is -0.137. The van der Waals surface area contributed by atoms with Gasteiger partial charge in [0.1, 0.15) is 17.6 Å². The summed E-state index contributed by atoms with van der Waals surface area (Å²) in [6.45, 7) is 10.1. The molecule has 1 aliphatic carbocycles. The highest BCUT2D eigenvalue weighted by molar-refractivity contribution is 7.99. The van der Waals surface area contributed by atoms with Crippen LogP contribution in [0.4, 0.5) is 0 Å². The number of methoxy groups -OCH3 is 1. The topological polar surface area (TPSA) is 65.0 Å². The number of carboxylic acids is 1. The molecule has 0 radical (unpaired) electrons. The number of carboxylic acid groups (broad SMARTS) is 1. The fraction of sp³-hybridized carbons (Fsp3) is 0.441. The summed E-state index contributed by atoms with van der Waals surface area (Å²) in [7, 11) is 1.71. The van der Waals surface area contributed by atoms with Crippen LogP contribution in [0.15, 0.2) is 65.6 Å². The molecule has 0 saturated carbocycles. The molecule has 2 aromatic rings. The van der Waals surface area contributed by atoms with Gasteiger partial charge in [-0.3, -0.25) is 4.79 Å². The van der Waals surface area contributed by atoms with Crippen molar-refractivity contribution in [1.82, 2.24) is 0 Å². The van der Waals surface area contributed by atoms with Crippen LogP contribution in [0.3, 0.4) is 0 Å². The number of ether oxygens (including phenoxy) is 3. The Bertz CT molecular complexity index is 1240. The molecular formula is C34H42O5S. The molecule has 0 saturated heterocycles. The molecule has 0 amide bonds. The van der Waals surface area contributed by atoms with Gasteiger partial charge in [-0.05, 0) is 97.2 Å². The average Bonchev–Trinajstić information content (AvgIpc) is 3.29. The number of hydrogen-bond acceptors (Lipinski definition) is 5. The first-order valence-electron chi connectivity index (χ1n) is 14.3. The molecule has 2 aromatic carbocycles. The van der Waals surface area contributed by atoms with E-state index in [0.717, 1.165) is 71.8 Å². The third-order valence-corrected chi connectivity index (χ3v) is 8.79. The second kappa shape index (κ2) is 14.6. The summed E-state index contributed by atoms with van der Waals surface area (Å²) in [4.78, 5) is 12.3. The van der Waals surface area contributed by atoms with Crippen molar-refractivity contribution in [3.63, 3.8) is 0 Å². The summed E-state index contributed by atoms with van der Waals surface area (Å²) in [5.41, 5.74) is 7.12. The van der Waals surface area contributed by atoms with Crippen LogP contribution >= 0.6 is 11.8 Å². The van der Waals surface area contributed by atoms with Crippen molar-refractivity contribution < 1.29 is 24.1 Å². The summed E-state index contributed by atoms with van der Waals surface area (Å²) in [5, 5.41) is 9.20. The number of fused-ring (bicyclic) bond motifs is 1. The number of hydrogen-bond donors (Lipinski definition) is 1. The van der Waals surface area contributed by atoms with Crippen molar-refractivity contribution in [1.29, 1.82) is 0 Å². The van der Waals surface area contributed by atoms with Crippen LogP contribution in [0.25, 0.3) is 5.57 Å². The average molecular weight is 563 g/mol. The maximum absolute atomic E-state index is 11.2. The highest BCUT2D eigenvalue weighted by atomic mass is 32.2. The molecule has 1 aliphatic heterocycles. The Morgan fingerprint density at radius 3 is 2.65 bits per heavy atom. The van der Waals surface area contributed by atoms with Crippen LogP contribution in [-0.4, -0.2) is 43.3 Å². The van der Waals surface area contributed by atoms with Crippen molar-refractivity contribution in [2.45, 2.75) is 75.7 Å². The van der Waals surface area contributed by atoms with E-state index in [1.54, 1.807) is 18.9 Å². The molecule has 40 heavy (non-hydrogen) atoms. The van der Waals surface area contributed by atoms with Gasteiger partial charge in [0.05, 0.1) is 13.0 Å². The lowest BCUT2D eigenvalue weighted by Gasteiger charge is -2.19. The summed E-state index contributed by atoms with van der Waals surface area (Å²) in [6.07, 6.45) is 12.6. The van der Waals surface area contributed by atoms with Gasteiger partial charge in [0.2, 0.25) is 0 Å². The Morgan fingerprint density at radius 1 is 1.10 bits per heavy atom. The quantitative estimate of drug-likeness (QED) is 0.294. The molecule has 2 aliphatic rings. The van der Waals surface area contributed by atoms with E-state index in [1.807, 2.05) is 6.07 Å². The molecule has 214 valence electrons. The summed E-state index contributed by atoms with van der Waals surface area (Å²) < 4.78 is 17.6. The summed E-state index contributed by atoms with van der Waals surface area (Å²) in [6, 6.07) is 10.4. The molecule has 4 rings (SSSR count). The third kappa shape index (κ3) is 8.05. The fourth-order valence-corrected chi connectivity index (χ4v) is 6.85. The molecular weight excluding hydrogens is 520 g/mol. The zero-order valence-electron chi connectivity index (χ0n) is 24.0. The minimum atomic E-state index is -0.743. The number of benzene rings is 2. The van der Waals surface area contributed by atoms with E-state index >= 15 is 0 Å². The van der Waals surface area contributed by atoms with Gasteiger partial charge in [-0.15, -0.1) is 11.8 Å². The summed E-state index contributed by atoms with van der Waals surface area (Å²) in [5.74, 6) is 1.92. The zero-order valence-corrected chi connectivity index (χ0v) is 24.9. The second-order valence-corrected chi connectivity index (χ2v) is 11.8. The van der Waals surface area contributed by atoms with E-state index in [0.29, 0.717) is 13.2 Å². The largest absolute Gasteiger partial charge is 0.493 e. The maximum Gasteiger partial charge on any atom is 0.303 e. The predicted molar refractivity (Wildman–Crippen MR) is 164 cm³/mol. The molecule has 5 nitrogen and oxygen atoms in total. The number of aryl methyl sites for hydroxylation is 2. The fourth-order valence-electron chi connectivity index (χ4n) is 5.57. The first kappa shape index (κ1) is 30.0.